The number of halogens is 2. The highest BCUT2D eigenvalue weighted by atomic mass is 35.5. The fraction of sp³-hybridized carbons (Fsp3) is 0.500. The van der Waals surface area contributed by atoms with Gasteiger partial charge in [-0.3, -0.25) is 9.59 Å². The highest BCUT2D eigenvalue weighted by Gasteiger charge is 2.19. The van der Waals surface area contributed by atoms with Crippen molar-refractivity contribution in [1.29, 1.82) is 0 Å². The van der Waals surface area contributed by atoms with Gasteiger partial charge in [-0.25, -0.2) is 0 Å². The lowest BCUT2D eigenvalue weighted by Crippen LogP contribution is -2.14. The third kappa shape index (κ3) is 6.42. The summed E-state index contributed by atoms with van der Waals surface area (Å²) in [6.45, 7) is 0. The molecule has 1 saturated carbocycles. The fourth-order valence-electron chi connectivity index (χ4n) is 3.46. The number of aliphatic hydroxyl groups is 1. The van der Waals surface area contributed by atoms with E-state index in [1.165, 1.54) is 31.8 Å². The molecule has 1 aromatic rings. The number of ketones is 1. The number of aliphatic carboxylic acids is 1. The van der Waals surface area contributed by atoms with E-state index in [9.17, 15) is 14.7 Å². The molecule has 26 heavy (non-hydrogen) atoms. The summed E-state index contributed by atoms with van der Waals surface area (Å²) >= 11 is 12.6. The first-order valence-corrected chi connectivity index (χ1v) is 9.71. The van der Waals surface area contributed by atoms with Gasteiger partial charge < -0.3 is 10.2 Å². The van der Waals surface area contributed by atoms with E-state index in [-0.39, 0.29) is 6.42 Å². The first-order valence-electron chi connectivity index (χ1n) is 8.95. The molecule has 0 saturated heterocycles. The molecule has 1 aromatic carbocycles. The molecule has 2 rings (SSSR count). The van der Waals surface area contributed by atoms with Gasteiger partial charge in [-0.2, -0.15) is 0 Å². The van der Waals surface area contributed by atoms with E-state index in [0.717, 1.165) is 24.0 Å². The first-order chi connectivity index (χ1) is 12.4. The second-order valence-electron chi connectivity index (χ2n) is 6.82. The number of benzene rings is 1. The summed E-state index contributed by atoms with van der Waals surface area (Å²) in [6.07, 6.45) is 8.33. The maximum atomic E-state index is 11.5. The lowest BCUT2D eigenvalue weighted by atomic mass is 9.88. The third-order valence-corrected chi connectivity index (χ3v) is 5.22. The van der Waals surface area contributed by atoms with E-state index >= 15 is 0 Å². The molecule has 0 heterocycles. The zero-order chi connectivity index (χ0) is 19.1. The van der Waals surface area contributed by atoms with E-state index in [1.54, 1.807) is 12.1 Å². The molecule has 2 N–H and O–H groups in total. The molecule has 0 radical (unpaired) electrons. The lowest BCUT2D eigenvalue weighted by molar-refractivity contribution is -0.140. The van der Waals surface area contributed by atoms with Gasteiger partial charge in [-0.05, 0) is 42.0 Å². The van der Waals surface area contributed by atoms with Crippen molar-refractivity contribution in [2.45, 2.75) is 63.4 Å². The molecule has 0 aromatic heterocycles. The van der Waals surface area contributed by atoms with Crippen molar-refractivity contribution in [2.75, 3.05) is 0 Å². The number of hydrogen-bond acceptors (Lipinski definition) is 3. The SMILES string of the molecule is O=C(O)CC(=O)CC(O)/C=C/c1c(Cl)cc(Cl)cc1C1CCCCCC1. The molecule has 0 bridgehead atoms. The van der Waals surface area contributed by atoms with Crippen LogP contribution in [0.15, 0.2) is 18.2 Å². The summed E-state index contributed by atoms with van der Waals surface area (Å²) in [7, 11) is 0. The number of aliphatic hydroxyl groups excluding tert-OH is 1. The molecule has 1 aliphatic carbocycles. The van der Waals surface area contributed by atoms with E-state index in [0.29, 0.717) is 16.0 Å². The van der Waals surface area contributed by atoms with Crippen molar-refractivity contribution in [3.63, 3.8) is 0 Å². The van der Waals surface area contributed by atoms with Crippen molar-refractivity contribution < 1.29 is 19.8 Å². The molecule has 4 nitrogen and oxygen atoms in total. The van der Waals surface area contributed by atoms with Gasteiger partial charge in [0.15, 0.2) is 0 Å². The van der Waals surface area contributed by atoms with E-state index in [4.69, 9.17) is 28.3 Å². The summed E-state index contributed by atoms with van der Waals surface area (Å²) in [5, 5.41) is 19.7. The Hall–Kier alpha value is -1.36. The van der Waals surface area contributed by atoms with Crippen LogP contribution in [-0.4, -0.2) is 28.1 Å². The summed E-state index contributed by atoms with van der Waals surface area (Å²) in [5.74, 6) is -1.33. The minimum atomic E-state index is -1.19. The Balaban J connectivity index is 2.19. The second-order valence-corrected chi connectivity index (χ2v) is 7.66. The molecule has 142 valence electrons. The maximum Gasteiger partial charge on any atom is 0.310 e. The van der Waals surface area contributed by atoms with Crippen LogP contribution in [0, 0.1) is 0 Å². The van der Waals surface area contributed by atoms with Crippen LogP contribution < -0.4 is 0 Å². The number of Topliss-reactive ketones (excluding diaryl/α,β-unsaturated/α-hetero) is 1. The van der Waals surface area contributed by atoms with Crippen molar-refractivity contribution in [2.24, 2.45) is 0 Å². The summed E-state index contributed by atoms with van der Waals surface area (Å²) in [4.78, 5) is 22.1. The summed E-state index contributed by atoms with van der Waals surface area (Å²) in [5.41, 5.74) is 1.89. The Morgan fingerprint density at radius 1 is 1.15 bits per heavy atom. The lowest BCUT2D eigenvalue weighted by Gasteiger charge is -2.19. The quantitative estimate of drug-likeness (QED) is 0.486. The standard InChI is InChI=1S/C20H24Cl2O4/c21-14-9-18(13-5-3-1-2-4-6-13)17(19(22)10-14)8-7-15(23)11-16(24)12-20(25)26/h7-10,13,15,23H,1-6,11-12H2,(H,25,26)/b8-7+. The number of hydrogen-bond donors (Lipinski definition) is 2. The van der Waals surface area contributed by atoms with Crippen LogP contribution in [0.25, 0.3) is 6.08 Å². The minimum absolute atomic E-state index is 0.229. The topological polar surface area (TPSA) is 74.6 Å². The van der Waals surface area contributed by atoms with Gasteiger partial charge in [0.1, 0.15) is 12.2 Å². The van der Waals surface area contributed by atoms with Gasteiger partial charge in [-0.1, -0.05) is 61.0 Å². The molecular formula is C20H24Cl2O4. The zero-order valence-corrected chi connectivity index (χ0v) is 16.1. The van der Waals surface area contributed by atoms with Gasteiger partial charge in [0.25, 0.3) is 0 Å². The molecule has 0 spiro atoms. The highest BCUT2D eigenvalue weighted by Crippen LogP contribution is 2.38. The highest BCUT2D eigenvalue weighted by molar-refractivity contribution is 6.35. The number of carboxylic acid groups (broad SMARTS) is 1. The number of carbonyl (C=O) groups excluding carboxylic acids is 1. The number of carboxylic acids is 1. The Morgan fingerprint density at radius 3 is 2.42 bits per heavy atom. The zero-order valence-electron chi connectivity index (χ0n) is 14.6. The second kappa shape index (κ2) is 10.1. The first kappa shape index (κ1) is 20.9. The molecule has 0 aliphatic heterocycles. The van der Waals surface area contributed by atoms with Crippen LogP contribution in [0.1, 0.15) is 68.4 Å². The molecule has 6 heteroatoms. The van der Waals surface area contributed by atoms with Gasteiger partial charge >= 0.3 is 5.97 Å². The van der Waals surface area contributed by atoms with Crippen molar-refractivity contribution in [3.8, 4) is 0 Å². The van der Waals surface area contributed by atoms with E-state index < -0.39 is 24.3 Å². The maximum absolute atomic E-state index is 11.5. The number of carbonyl (C=O) groups is 2. The number of rotatable bonds is 7. The third-order valence-electron chi connectivity index (χ3n) is 4.69. The Kier molecular flexibility index (Phi) is 8.14. The van der Waals surface area contributed by atoms with Gasteiger partial charge in [-0.15, -0.1) is 0 Å². The van der Waals surface area contributed by atoms with E-state index in [2.05, 4.69) is 0 Å². The van der Waals surface area contributed by atoms with E-state index in [1.807, 2.05) is 6.07 Å². The van der Waals surface area contributed by atoms with Crippen LogP contribution >= 0.6 is 23.2 Å². The van der Waals surface area contributed by atoms with Crippen LogP contribution in [0.4, 0.5) is 0 Å². The van der Waals surface area contributed by atoms with Crippen molar-refractivity contribution in [1.82, 2.24) is 0 Å². The molecule has 1 fully saturated rings. The van der Waals surface area contributed by atoms with Crippen LogP contribution in [0.3, 0.4) is 0 Å². The molecular weight excluding hydrogens is 375 g/mol. The van der Waals surface area contributed by atoms with Gasteiger partial charge in [0.2, 0.25) is 0 Å². The Morgan fingerprint density at radius 2 is 1.81 bits per heavy atom. The van der Waals surface area contributed by atoms with Crippen molar-refractivity contribution >= 4 is 41.0 Å². The average molecular weight is 399 g/mol. The Labute approximate surface area is 163 Å². The minimum Gasteiger partial charge on any atom is -0.481 e. The molecule has 1 atom stereocenters. The normalized spacial score (nSPS) is 17.2. The largest absolute Gasteiger partial charge is 0.481 e. The van der Waals surface area contributed by atoms with Crippen molar-refractivity contribution in [3.05, 3.63) is 39.4 Å². The molecule has 1 aliphatic rings. The summed E-state index contributed by atoms with van der Waals surface area (Å²) < 4.78 is 0. The monoisotopic (exact) mass is 398 g/mol. The predicted octanol–water partition coefficient (Wildman–Crippen LogP) is 5.24. The fourth-order valence-corrected chi connectivity index (χ4v) is 4.03. The van der Waals surface area contributed by atoms with Gasteiger partial charge in [0, 0.05) is 16.5 Å². The molecule has 1 unspecified atom stereocenters. The van der Waals surface area contributed by atoms with Crippen LogP contribution in [-0.2, 0) is 9.59 Å². The predicted molar refractivity (Wildman–Crippen MR) is 104 cm³/mol. The van der Waals surface area contributed by atoms with Crippen LogP contribution in [0.2, 0.25) is 10.0 Å². The smallest absolute Gasteiger partial charge is 0.310 e. The van der Waals surface area contributed by atoms with Crippen LogP contribution in [0.5, 0.6) is 0 Å². The Bertz CT molecular complexity index is 677. The molecule has 0 amide bonds. The van der Waals surface area contributed by atoms with Gasteiger partial charge in [0.05, 0.1) is 6.10 Å². The average Bonchev–Trinajstić information content (AvgIpc) is 2.81. The summed E-state index contributed by atoms with van der Waals surface area (Å²) in [6, 6.07) is 3.61.